The molecule has 0 fully saturated rings. The second kappa shape index (κ2) is 16.7. The minimum Gasteiger partial charge on any atom is -0.310 e. The summed E-state index contributed by atoms with van der Waals surface area (Å²) in [5, 5.41) is 9.85. The van der Waals surface area contributed by atoms with Crippen LogP contribution in [0.4, 0.5) is 17.1 Å². The fourth-order valence-electron chi connectivity index (χ4n) is 11.2. The van der Waals surface area contributed by atoms with Crippen LogP contribution in [0.5, 0.6) is 0 Å². The molecule has 332 valence electrons. The SMILES string of the molecule is c1ccc(-n2c3ccccc3c3cc(-c4ccc(N(c5ccc(-c6cccc7ccccc67)cc5)c5ccc(-c6ccc7c8ccccc8n(-c8ccccc8)c7c6)c6ccccc56)cc4)ccc32)cc1. The van der Waals surface area contributed by atoms with Crippen molar-refractivity contribution in [2.45, 2.75) is 0 Å². The van der Waals surface area contributed by atoms with Gasteiger partial charge in [-0.05, 0) is 134 Å². The van der Waals surface area contributed by atoms with Gasteiger partial charge in [0.05, 0.1) is 27.8 Å². The van der Waals surface area contributed by atoms with E-state index in [4.69, 9.17) is 0 Å². The second-order valence-corrected chi connectivity index (χ2v) is 18.5. The minimum atomic E-state index is 1.08. The average molecular weight is 904 g/mol. The van der Waals surface area contributed by atoms with E-state index in [1.807, 2.05) is 0 Å². The number of benzene rings is 12. The molecule has 0 aliphatic heterocycles. The first kappa shape index (κ1) is 40.6. The van der Waals surface area contributed by atoms with E-state index in [9.17, 15) is 0 Å². The molecular weight excluding hydrogens is 859 g/mol. The first-order valence-electron chi connectivity index (χ1n) is 24.4. The lowest BCUT2D eigenvalue weighted by atomic mass is 9.95. The van der Waals surface area contributed by atoms with E-state index in [0.717, 1.165) is 28.4 Å². The third-order valence-electron chi connectivity index (χ3n) is 14.5. The lowest BCUT2D eigenvalue weighted by molar-refractivity contribution is 1.18. The quantitative estimate of drug-likeness (QED) is 0.148. The van der Waals surface area contributed by atoms with Crippen molar-refractivity contribution in [3.05, 3.63) is 273 Å². The van der Waals surface area contributed by atoms with Crippen LogP contribution in [0.15, 0.2) is 273 Å². The Hall–Kier alpha value is -9.44. The number of aromatic nitrogens is 2. The average Bonchev–Trinajstić information content (AvgIpc) is 3.96. The van der Waals surface area contributed by atoms with Gasteiger partial charge in [0.25, 0.3) is 0 Å². The van der Waals surface area contributed by atoms with Crippen LogP contribution in [0.1, 0.15) is 0 Å². The molecule has 71 heavy (non-hydrogen) atoms. The molecule has 2 aromatic heterocycles. The molecule has 0 bridgehead atoms. The molecule has 2 heterocycles. The zero-order valence-corrected chi connectivity index (χ0v) is 38.8. The summed E-state index contributed by atoms with van der Waals surface area (Å²) in [6.45, 7) is 0. The predicted octanol–water partition coefficient (Wildman–Crippen LogP) is 18.7. The summed E-state index contributed by atoms with van der Waals surface area (Å²) >= 11 is 0. The van der Waals surface area contributed by atoms with Gasteiger partial charge < -0.3 is 14.0 Å². The first-order chi connectivity index (χ1) is 35.2. The highest BCUT2D eigenvalue weighted by Crippen LogP contribution is 2.45. The van der Waals surface area contributed by atoms with E-state index in [2.05, 4.69) is 287 Å². The molecule has 14 aromatic rings. The number of anilines is 3. The number of hydrogen-bond donors (Lipinski definition) is 0. The maximum absolute atomic E-state index is 2.43. The number of para-hydroxylation sites is 4. The Labute approximate surface area is 412 Å². The van der Waals surface area contributed by atoms with Gasteiger partial charge in [-0.2, -0.15) is 0 Å². The molecule has 0 amide bonds. The van der Waals surface area contributed by atoms with Crippen LogP contribution < -0.4 is 4.90 Å². The summed E-state index contributed by atoms with van der Waals surface area (Å²) in [4.78, 5) is 2.43. The summed E-state index contributed by atoms with van der Waals surface area (Å²) in [6.07, 6.45) is 0. The normalized spacial score (nSPS) is 11.7. The van der Waals surface area contributed by atoms with Crippen molar-refractivity contribution in [1.29, 1.82) is 0 Å². The van der Waals surface area contributed by atoms with Gasteiger partial charge in [-0.15, -0.1) is 0 Å². The van der Waals surface area contributed by atoms with E-state index in [0.29, 0.717) is 0 Å². The Balaban J connectivity index is 0.908. The van der Waals surface area contributed by atoms with Crippen molar-refractivity contribution in [2.24, 2.45) is 0 Å². The number of fused-ring (bicyclic) bond motifs is 8. The molecule has 3 heteroatoms. The van der Waals surface area contributed by atoms with Crippen molar-refractivity contribution >= 4 is 82.2 Å². The predicted molar refractivity (Wildman–Crippen MR) is 301 cm³/mol. The summed E-state index contributed by atoms with van der Waals surface area (Å²) in [7, 11) is 0. The van der Waals surface area contributed by atoms with Crippen molar-refractivity contribution in [1.82, 2.24) is 9.13 Å². The largest absolute Gasteiger partial charge is 0.310 e. The summed E-state index contributed by atoms with van der Waals surface area (Å²) in [5.74, 6) is 0. The van der Waals surface area contributed by atoms with Crippen LogP contribution in [0.25, 0.3) is 110 Å². The van der Waals surface area contributed by atoms with E-state index in [-0.39, 0.29) is 0 Å². The van der Waals surface area contributed by atoms with Crippen LogP contribution >= 0.6 is 0 Å². The molecule has 0 unspecified atom stereocenters. The van der Waals surface area contributed by atoms with E-state index in [1.54, 1.807) is 0 Å². The molecule has 0 saturated carbocycles. The lowest BCUT2D eigenvalue weighted by Gasteiger charge is -2.28. The van der Waals surface area contributed by atoms with Crippen molar-refractivity contribution in [3.63, 3.8) is 0 Å². The Morgan fingerprint density at radius 3 is 1.41 bits per heavy atom. The van der Waals surface area contributed by atoms with E-state index in [1.165, 1.54) is 98.5 Å². The van der Waals surface area contributed by atoms with Crippen LogP contribution in [-0.2, 0) is 0 Å². The van der Waals surface area contributed by atoms with Gasteiger partial charge in [-0.1, -0.05) is 188 Å². The Kier molecular flexibility index (Phi) is 9.53. The lowest BCUT2D eigenvalue weighted by Crippen LogP contribution is -2.10. The van der Waals surface area contributed by atoms with Crippen molar-refractivity contribution in [3.8, 4) is 44.8 Å². The van der Waals surface area contributed by atoms with Gasteiger partial charge in [-0.3, -0.25) is 0 Å². The number of rotatable bonds is 8. The van der Waals surface area contributed by atoms with Gasteiger partial charge in [0, 0.05) is 49.7 Å². The summed E-state index contributed by atoms with van der Waals surface area (Å²) in [6, 6.07) is 99.7. The fraction of sp³-hybridized carbons (Fsp3) is 0. The Morgan fingerprint density at radius 1 is 0.239 bits per heavy atom. The smallest absolute Gasteiger partial charge is 0.0547 e. The topological polar surface area (TPSA) is 13.1 Å². The van der Waals surface area contributed by atoms with Crippen LogP contribution in [-0.4, -0.2) is 9.13 Å². The molecule has 0 aliphatic rings. The van der Waals surface area contributed by atoms with Gasteiger partial charge in [0.1, 0.15) is 0 Å². The molecular formula is C68H45N3. The number of hydrogen-bond acceptors (Lipinski definition) is 1. The van der Waals surface area contributed by atoms with Gasteiger partial charge >= 0.3 is 0 Å². The molecule has 12 aromatic carbocycles. The van der Waals surface area contributed by atoms with E-state index < -0.39 is 0 Å². The van der Waals surface area contributed by atoms with Crippen LogP contribution in [0.2, 0.25) is 0 Å². The van der Waals surface area contributed by atoms with Crippen molar-refractivity contribution < 1.29 is 0 Å². The zero-order chi connectivity index (χ0) is 46.8. The highest BCUT2D eigenvalue weighted by atomic mass is 15.1. The minimum absolute atomic E-state index is 1.08. The monoisotopic (exact) mass is 903 g/mol. The fourth-order valence-corrected chi connectivity index (χ4v) is 11.2. The van der Waals surface area contributed by atoms with Gasteiger partial charge in [-0.25, -0.2) is 0 Å². The molecule has 3 nitrogen and oxygen atoms in total. The Bertz CT molecular complexity index is 4310. The maximum Gasteiger partial charge on any atom is 0.0547 e. The summed E-state index contributed by atoms with van der Waals surface area (Å²) < 4.78 is 4.78. The first-order valence-corrected chi connectivity index (χ1v) is 24.4. The number of nitrogens with zero attached hydrogens (tertiary/aromatic N) is 3. The zero-order valence-electron chi connectivity index (χ0n) is 38.8. The molecule has 0 atom stereocenters. The van der Waals surface area contributed by atoms with Crippen LogP contribution in [0.3, 0.4) is 0 Å². The van der Waals surface area contributed by atoms with E-state index >= 15 is 0 Å². The highest BCUT2D eigenvalue weighted by Gasteiger charge is 2.20. The van der Waals surface area contributed by atoms with Crippen molar-refractivity contribution in [2.75, 3.05) is 4.90 Å². The molecule has 0 N–H and O–H groups in total. The van der Waals surface area contributed by atoms with Gasteiger partial charge in [0.15, 0.2) is 0 Å². The third kappa shape index (κ3) is 6.74. The van der Waals surface area contributed by atoms with Gasteiger partial charge in [0.2, 0.25) is 0 Å². The summed E-state index contributed by atoms with van der Waals surface area (Å²) in [5.41, 5.74) is 17.5. The molecule has 0 saturated heterocycles. The third-order valence-corrected chi connectivity index (χ3v) is 14.5. The molecule has 0 aliphatic carbocycles. The van der Waals surface area contributed by atoms with Crippen LogP contribution in [0, 0.1) is 0 Å². The molecule has 0 spiro atoms. The molecule has 0 radical (unpaired) electrons. The maximum atomic E-state index is 2.43. The second-order valence-electron chi connectivity index (χ2n) is 18.5. The standard InChI is InChI=1S/C68H45N3/c1-3-18-51(19-4-1)70-65-29-14-12-26-61(65)63-44-49(35-42-67(63)70)46-30-36-53(37-31-46)69(54-38-32-48(33-39-54)56-27-15-17-47-16-7-8-22-55(47)56)66-43-41-57(58-23-9-10-24-59(58)66)50-34-40-62-60-25-11-13-28-64(60)71(68(62)45-50)52-20-5-2-6-21-52/h1-45H. The highest BCUT2D eigenvalue weighted by molar-refractivity contribution is 6.13. The molecule has 14 rings (SSSR count). The Morgan fingerprint density at radius 2 is 0.718 bits per heavy atom.